The maximum absolute atomic E-state index is 11.0. The van der Waals surface area contributed by atoms with Crippen molar-refractivity contribution in [2.75, 3.05) is 7.11 Å². The van der Waals surface area contributed by atoms with Gasteiger partial charge >= 0.3 is 5.97 Å². The minimum Gasteiger partial charge on any atom is -0.493 e. The van der Waals surface area contributed by atoms with E-state index in [1.165, 1.54) is 25.4 Å². The van der Waals surface area contributed by atoms with Crippen LogP contribution in [0.5, 0.6) is 11.5 Å². The Labute approximate surface area is 131 Å². The van der Waals surface area contributed by atoms with E-state index in [9.17, 15) is 4.79 Å². The standard InChI is InChI=1S/C14H11Cl2NO4/c1-20-12-5-9(14(18)19)4-10(15)13(12)21-7-8-2-3-17-6-11(8)16/h2-6H,7H2,1H3,(H,18,19). The molecule has 0 amide bonds. The SMILES string of the molecule is COc1cc(C(=O)O)cc(Cl)c1OCc1ccncc1Cl. The first-order chi connectivity index (χ1) is 10.0. The van der Waals surface area contributed by atoms with Gasteiger partial charge in [-0.2, -0.15) is 0 Å². The zero-order valence-electron chi connectivity index (χ0n) is 11.0. The second-order valence-corrected chi connectivity index (χ2v) is 4.86. The second-order valence-electron chi connectivity index (χ2n) is 4.05. The Hall–Kier alpha value is -1.98. The number of hydrogen-bond donors (Lipinski definition) is 1. The molecule has 0 saturated carbocycles. The molecule has 0 fully saturated rings. The number of carboxylic acids is 1. The molecule has 0 aliphatic carbocycles. The molecule has 0 radical (unpaired) electrons. The number of pyridine rings is 1. The highest BCUT2D eigenvalue weighted by molar-refractivity contribution is 6.32. The van der Waals surface area contributed by atoms with Gasteiger partial charge in [0.1, 0.15) is 6.61 Å². The number of methoxy groups -OCH3 is 1. The van der Waals surface area contributed by atoms with E-state index in [1.54, 1.807) is 12.3 Å². The minimum absolute atomic E-state index is 0.0196. The summed E-state index contributed by atoms with van der Waals surface area (Å²) < 4.78 is 10.7. The van der Waals surface area contributed by atoms with E-state index in [-0.39, 0.29) is 28.7 Å². The van der Waals surface area contributed by atoms with Gasteiger partial charge in [-0.1, -0.05) is 23.2 Å². The fraction of sp³-hybridized carbons (Fsp3) is 0.143. The van der Waals surface area contributed by atoms with Crippen LogP contribution in [0.15, 0.2) is 30.6 Å². The zero-order chi connectivity index (χ0) is 15.4. The molecule has 1 heterocycles. The molecule has 5 nitrogen and oxygen atoms in total. The average molecular weight is 328 g/mol. The third-order valence-electron chi connectivity index (χ3n) is 2.70. The van der Waals surface area contributed by atoms with Crippen LogP contribution in [0.4, 0.5) is 0 Å². The van der Waals surface area contributed by atoms with E-state index in [2.05, 4.69) is 4.98 Å². The van der Waals surface area contributed by atoms with Crippen molar-refractivity contribution in [2.45, 2.75) is 6.61 Å². The van der Waals surface area contributed by atoms with Crippen LogP contribution < -0.4 is 9.47 Å². The van der Waals surface area contributed by atoms with Crippen molar-refractivity contribution in [1.82, 2.24) is 4.98 Å². The number of benzene rings is 1. The van der Waals surface area contributed by atoms with E-state index in [0.717, 1.165) is 5.56 Å². The quantitative estimate of drug-likeness (QED) is 0.907. The van der Waals surface area contributed by atoms with Crippen molar-refractivity contribution >= 4 is 29.2 Å². The molecular weight excluding hydrogens is 317 g/mol. The summed E-state index contributed by atoms with van der Waals surface area (Å²) in [5.41, 5.74) is 0.748. The van der Waals surface area contributed by atoms with Crippen molar-refractivity contribution in [3.63, 3.8) is 0 Å². The van der Waals surface area contributed by atoms with Crippen molar-refractivity contribution in [3.05, 3.63) is 51.8 Å². The Morgan fingerprint density at radius 2 is 2.10 bits per heavy atom. The number of ether oxygens (including phenoxy) is 2. The third-order valence-corrected chi connectivity index (χ3v) is 3.33. The van der Waals surface area contributed by atoms with Gasteiger partial charge in [0.15, 0.2) is 11.5 Å². The number of aromatic nitrogens is 1. The number of carboxylic acid groups (broad SMARTS) is 1. The zero-order valence-corrected chi connectivity index (χ0v) is 12.5. The van der Waals surface area contributed by atoms with E-state index in [1.807, 2.05) is 0 Å². The predicted octanol–water partition coefficient (Wildman–Crippen LogP) is 3.67. The Balaban J connectivity index is 2.28. The lowest BCUT2D eigenvalue weighted by molar-refractivity contribution is 0.0696. The summed E-state index contributed by atoms with van der Waals surface area (Å²) in [7, 11) is 1.41. The lowest BCUT2D eigenvalue weighted by Gasteiger charge is -2.13. The molecule has 0 bridgehead atoms. The molecule has 1 aromatic carbocycles. The summed E-state index contributed by atoms with van der Waals surface area (Å²) in [6.07, 6.45) is 3.10. The molecule has 0 atom stereocenters. The van der Waals surface area contributed by atoms with Crippen LogP contribution in [0.25, 0.3) is 0 Å². The highest BCUT2D eigenvalue weighted by Gasteiger charge is 2.15. The summed E-state index contributed by atoms with van der Waals surface area (Å²) in [4.78, 5) is 14.9. The Kier molecular flexibility index (Phi) is 4.88. The van der Waals surface area contributed by atoms with E-state index >= 15 is 0 Å². The molecule has 1 aromatic heterocycles. The molecular formula is C14H11Cl2NO4. The first-order valence-electron chi connectivity index (χ1n) is 5.85. The number of hydrogen-bond acceptors (Lipinski definition) is 4. The number of halogens is 2. The van der Waals surface area contributed by atoms with Crippen molar-refractivity contribution in [2.24, 2.45) is 0 Å². The van der Waals surface area contributed by atoms with Crippen LogP contribution >= 0.6 is 23.2 Å². The van der Waals surface area contributed by atoms with Crippen molar-refractivity contribution in [3.8, 4) is 11.5 Å². The molecule has 0 spiro atoms. The molecule has 0 aliphatic rings. The fourth-order valence-electron chi connectivity index (χ4n) is 1.65. The Bertz CT molecular complexity index is 676. The second kappa shape index (κ2) is 6.65. The molecule has 21 heavy (non-hydrogen) atoms. The molecule has 110 valence electrons. The van der Waals surface area contributed by atoms with Gasteiger partial charge in [0.05, 0.1) is 22.7 Å². The molecule has 0 aliphatic heterocycles. The molecule has 0 unspecified atom stereocenters. The van der Waals surface area contributed by atoms with Crippen LogP contribution in [0, 0.1) is 0 Å². The maximum Gasteiger partial charge on any atom is 0.335 e. The van der Waals surface area contributed by atoms with E-state index in [4.69, 9.17) is 37.8 Å². The largest absolute Gasteiger partial charge is 0.493 e. The summed E-state index contributed by atoms with van der Waals surface area (Å²) in [5.74, 6) is -0.596. The summed E-state index contributed by atoms with van der Waals surface area (Å²) >= 11 is 12.0. The van der Waals surface area contributed by atoms with Crippen LogP contribution in [0.1, 0.15) is 15.9 Å². The summed E-state index contributed by atoms with van der Waals surface area (Å²) in [5, 5.41) is 9.60. The van der Waals surface area contributed by atoms with Gasteiger partial charge in [-0.05, 0) is 18.2 Å². The van der Waals surface area contributed by atoms with Gasteiger partial charge in [0.2, 0.25) is 0 Å². The smallest absolute Gasteiger partial charge is 0.335 e. The van der Waals surface area contributed by atoms with Crippen molar-refractivity contribution in [1.29, 1.82) is 0 Å². The molecule has 0 saturated heterocycles. The predicted molar refractivity (Wildman–Crippen MR) is 78.5 cm³/mol. The summed E-state index contributed by atoms with van der Waals surface area (Å²) in [6.45, 7) is 0.157. The molecule has 2 rings (SSSR count). The number of carbonyl (C=O) groups is 1. The molecule has 2 aromatic rings. The number of rotatable bonds is 5. The first-order valence-corrected chi connectivity index (χ1v) is 6.60. The highest BCUT2D eigenvalue weighted by atomic mass is 35.5. The normalized spacial score (nSPS) is 10.2. The monoisotopic (exact) mass is 327 g/mol. The first kappa shape index (κ1) is 15.4. The maximum atomic E-state index is 11.0. The summed E-state index contributed by atoms with van der Waals surface area (Å²) in [6, 6.07) is 4.36. The third kappa shape index (κ3) is 3.56. The molecule has 1 N–H and O–H groups in total. The topological polar surface area (TPSA) is 68.7 Å². The van der Waals surface area contributed by atoms with Gasteiger partial charge < -0.3 is 14.6 Å². The van der Waals surface area contributed by atoms with Gasteiger partial charge in [-0.3, -0.25) is 4.98 Å². The van der Waals surface area contributed by atoms with Crippen molar-refractivity contribution < 1.29 is 19.4 Å². The lowest BCUT2D eigenvalue weighted by atomic mass is 10.2. The van der Waals surface area contributed by atoms with Gasteiger partial charge in [0.25, 0.3) is 0 Å². The van der Waals surface area contributed by atoms with Crippen LogP contribution in [-0.2, 0) is 6.61 Å². The molecule has 7 heteroatoms. The Morgan fingerprint density at radius 3 is 2.71 bits per heavy atom. The van der Waals surface area contributed by atoms with E-state index in [0.29, 0.717) is 5.02 Å². The van der Waals surface area contributed by atoms with Crippen LogP contribution in [0.3, 0.4) is 0 Å². The number of aromatic carboxylic acids is 1. The highest BCUT2D eigenvalue weighted by Crippen LogP contribution is 2.37. The lowest BCUT2D eigenvalue weighted by Crippen LogP contribution is -2.02. The Morgan fingerprint density at radius 1 is 1.33 bits per heavy atom. The average Bonchev–Trinajstić information content (AvgIpc) is 2.46. The van der Waals surface area contributed by atoms with Gasteiger partial charge in [-0.15, -0.1) is 0 Å². The number of nitrogens with zero attached hydrogens (tertiary/aromatic N) is 1. The van der Waals surface area contributed by atoms with Crippen LogP contribution in [-0.4, -0.2) is 23.2 Å². The minimum atomic E-state index is -1.10. The van der Waals surface area contributed by atoms with Gasteiger partial charge in [-0.25, -0.2) is 4.79 Å². The fourth-order valence-corrected chi connectivity index (χ4v) is 2.09. The van der Waals surface area contributed by atoms with Crippen LogP contribution in [0.2, 0.25) is 10.0 Å². The van der Waals surface area contributed by atoms with Gasteiger partial charge in [0, 0.05) is 18.0 Å². The van der Waals surface area contributed by atoms with E-state index < -0.39 is 5.97 Å².